The minimum absolute atomic E-state index is 0.0154. The van der Waals surface area contributed by atoms with E-state index < -0.39 is 25.8 Å². The molecule has 12 heteroatoms. The van der Waals surface area contributed by atoms with E-state index in [0.29, 0.717) is 36.6 Å². The van der Waals surface area contributed by atoms with Crippen LogP contribution >= 0.6 is 11.8 Å². The van der Waals surface area contributed by atoms with Gasteiger partial charge in [0.1, 0.15) is 5.82 Å². The number of hydrogen-bond acceptors (Lipinski definition) is 7. The zero-order valence-corrected chi connectivity index (χ0v) is 20.4. The summed E-state index contributed by atoms with van der Waals surface area (Å²) in [5.41, 5.74) is 2.11. The van der Waals surface area contributed by atoms with E-state index in [0.717, 1.165) is 17.0 Å². The molecule has 1 atom stereocenters. The predicted octanol–water partition coefficient (Wildman–Crippen LogP) is 2.27. The summed E-state index contributed by atoms with van der Waals surface area (Å²) in [6.07, 6.45) is 0.469. The molecule has 1 aromatic carbocycles. The summed E-state index contributed by atoms with van der Waals surface area (Å²) in [7, 11) is -6.71. The Balaban J connectivity index is 1.59. The van der Waals surface area contributed by atoms with Crippen LogP contribution in [0.15, 0.2) is 29.2 Å². The Hall–Kier alpha value is -1.89. The van der Waals surface area contributed by atoms with Crippen LogP contribution in [0.25, 0.3) is 0 Å². The molecule has 4 rings (SSSR count). The summed E-state index contributed by atoms with van der Waals surface area (Å²) in [6, 6.07) is 5.54. The molecule has 0 aliphatic carbocycles. The maximum Gasteiger partial charge on any atom is 0.256 e. The SMILES string of the molecule is CCN(CC)S(=O)(=O)c1ccc(C(=O)Nc2c3c(nn2C2CCS(=O)(=O)C2)CSC3)cc1. The first kappa shape index (κ1) is 23.3. The van der Waals surface area contributed by atoms with Gasteiger partial charge in [-0.1, -0.05) is 13.8 Å². The van der Waals surface area contributed by atoms with Gasteiger partial charge < -0.3 is 5.32 Å². The highest BCUT2D eigenvalue weighted by Gasteiger charge is 2.34. The fourth-order valence-corrected chi connectivity index (χ4v) is 8.25. The number of sulfone groups is 1. The third-order valence-corrected chi connectivity index (χ3v) is 10.6. The van der Waals surface area contributed by atoms with Crippen LogP contribution in [0, 0.1) is 0 Å². The number of fused-ring (bicyclic) bond motifs is 1. The molecule has 0 radical (unpaired) electrons. The van der Waals surface area contributed by atoms with E-state index in [4.69, 9.17) is 0 Å². The van der Waals surface area contributed by atoms with E-state index in [-0.39, 0.29) is 22.4 Å². The zero-order valence-electron chi connectivity index (χ0n) is 17.9. The highest BCUT2D eigenvalue weighted by Crippen LogP contribution is 2.38. The van der Waals surface area contributed by atoms with Crippen molar-refractivity contribution in [3.8, 4) is 0 Å². The number of anilines is 1. The number of carbonyl (C=O) groups excluding carboxylic acids is 1. The molecule has 0 bridgehead atoms. The van der Waals surface area contributed by atoms with Gasteiger partial charge in [-0.2, -0.15) is 21.2 Å². The molecule has 0 saturated carbocycles. The lowest BCUT2D eigenvalue weighted by Crippen LogP contribution is -2.30. The molecule has 1 unspecified atom stereocenters. The molecule has 1 amide bonds. The molecule has 0 spiro atoms. The van der Waals surface area contributed by atoms with Crippen molar-refractivity contribution in [2.24, 2.45) is 0 Å². The van der Waals surface area contributed by atoms with Gasteiger partial charge in [-0.3, -0.25) is 4.79 Å². The number of nitrogens with zero attached hydrogens (tertiary/aromatic N) is 3. The van der Waals surface area contributed by atoms with E-state index in [1.165, 1.54) is 28.6 Å². The zero-order chi connectivity index (χ0) is 23.1. The van der Waals surface area contributed by atoms with Crippen molar-refractivity contribution in [3.05, 3.63) is 41.1 Å². The lowest BCUT2D eigenvalue weighted by molar-refractivity contribution is 0.102. The average molecular weight is 499 g/mol. The predicted molar refractivity (Wildman–Crippen MR) is 124 cm³/mol. The van der Waals surface area contributed by atoms with E-state index in [1.54, 1.807) is 30.3 Å². The lowest BCUT2D eigenvalue weighted by atomic mass is 10.2. The molecule has 1 N–H and O–H groups in total. The standard InChI is InChI=1S/C20H26N4O5S3/c1-3-23(4-2)32(28,29)16-7-5-14(6-8-16)20(25)21-19-17-11-30-12-18(17)22-24(19)15-9-10-31(26,27)13-15/h5-8,15H,3-4,9-13H2,1-2H3,(H,21,25). The number of carbonyl (C=O) groups is 1. The summed E-state index contributed by atoms with van der Waals surface area (Å²) in [4.78, 5) is 13.1. The number of benzene rings is 1. The number of sulfonamides is 1. The number of thioether (sulfide) groups is 1. The Kier molecular flexibility index (Phi) is 6.40. The van der Waals surface area contributed by atoms with Crippen molar-refractivity contribution < 1.29 is 21.6 Å². The maximum absolute atomic E-state index is 13.0. The van der Waals surface area contributed by atoms with Crippen LogP contribution in [0.3, 0.4) is 0 Å². The van der Waals surface area contributed by atoms with Crippen LogP contribution < -0.4 is 5.32 Å². The van der Waals surface area contributed by atoms with Gasteiger partial charge in [-0.15, -0.1) is 0 Å². The van der Waals surface area contributed by atoms with Gasteiger partial charge in [0.2, 0.25) is 10.0 Å². The molecule has 2 aromatic rings. The number of hydrogen-bond donors (Lipinski definition) is 1. The Morgan fingerprint density at radius 3 is 2.50 bits per heavy atom. The number of amides is 1. The van der Waals surface area contributed by atoms with Crippen molar-refractivity contribution in [1.29, 1.82) is 0 Å². The molecule has 1 aromatic heterocycles. The number of nitrogens with one attached hydrogen (secondary N) is 1. The van der Waals surface area contributed by atoms with Gasteiger partial charge in [0.25, 0.3) is 5.91 Å². The van der Waals surface area contributed by atoms with Crippen molar-refractivity contribution >= 4 is 43.3 Å². The lowest BCUT2D eigenvalue weighted by Gasteiger charge is -2.18. The molecule has 2 aliphatic heterocycles. The molecular formula is C20H26N4O5S3. The molecule has 9 nitrogen and oxygen atoms in total. The molecule has 3 heterocycles. The number of aromatic nitrogens is 2. The third kappa shape index (κ3) is 4.33. The first-order valence-corrected chi connectivity index (χ1v) is 14.9. The van der Waals surface area contributed by atoms with E-state index in [9.17, 15) is 21.6 Å². The van der Waals surface area contributed by atoms with E-state index >= 15 is 0 Å². The van der Waals surface area contributed by atoms with Crippen LogP contribution in [0.4, 0.5) is 5.82 Å². The Morgan fingerprint density at radius 1 is 1.22 bits per heavy atom. The first-order chi connectivity index (χ1) is 15.2. The molecule has 32 heavy (non-hydrogen) atoms. The summed E-state index contributed by atoms with van der Waals surface area (Å²) < 4.78 is 52.3. The minimum atomic E-state index is -3.60. The topological polar surface area (TPSA) is 118 Å². The van der Waals surface area contributed by atoms with Crippen molar-refractivity contribution in [1.82, 2.24) is 14.1 Å². The second-order valence-corrected chi connectivity index (χ2v) is 13.0. The van der Waals surface area contributed by atoms with Crippen LogP contribution in [0.1, 0.15) is 47.9 Å². The molecule has 1 fully saturated rings. The van der Waals surface area contributed by atoms with Gasteiger partial charge in [0.05, 0.1) is 28.1 Å². The summed E-state index contributed by atoms with van der Waals surface area (Å²) in [6.45, 7) is 4.28. The highest BCUT2D eigenvalue weighted by molar-refractivity contribution is 7.98. The van der Waals surface area contributed by atoms with Crippen LogP contribution in [-0.4, -0.2) is 61.4 Å². The van der Waals surface area contributed by atoms with Gasteiger partial charge in [0.15, 0.2) is 9.84 Å². The third-order valence-electron chi connectivity index (χ3n) is 5.82. The molecule has 2 aliphatic rings. The minimum Gasteiger partial charge on any atom is -0.306 e. The Bertz CT molecular complexity index is 1230. The maximum atomic E-state index is 13.0. The molecule has 174 valence electrons. The van der Waals surface area contributed by atoms with E-state index in [2.05, 4.69) is 10.4 Å². The van der Waals surface area contributed by atoms with Gasteiger partial charge in [-0.25, -0.2) is 21.5 Å². The molecular weight excluding hydrogens is 472 g/mol. The van der Waals surface area contributed by atoms with Crippen molar-refractivity contribution in [2.75, 3.05) is 29.9 Å². The van der Waals surface area contributed by atoms with Crippen LogP contribution in [0.2, 0.25) is 0 Å². The quantitative estimate of drug-likeness (QED) is 0.622. The second kappa shape index (κ2) is 8.81. The van der Waals surface area contributed by atoms with Gasteiger partial charge >= 0.3 is 0 Å². The molecule has 1 saturated heterocycles. The summed E-state index contributed by atoms with van der Waals surface area (Å²) >= 11 is 1.69. The average Bonchev–Trinajstić information content (AvgIpc) is 3.44. The Morgan fingerprint density at radius 2 is 1.91 bits per heavy atom. The fourth-order valence-electron chi connectivity index (χ4n) is 4.07. The van der Waals surface area contributed by atoms with Crippen molar-refractivity contribution in [2.45, 2.75) is 42.7 Å². The normalized spacial score (nSPS) is 19.9. The summed E-state index contributed by atoms with van der Waals surface area (Å²) in [5, 5.41) is 7.51. The second-order valence-electron chi connectivity index (χ2n) is 7.84. The van der Waals surface area contributed by atoms with Gasteiger partial charge in [0, 0.05) is 35.7 Å². The first-order valence-electron chi connectivity index (χ1n) is 10.5. The fraction of sp³-hybridized carbons (Fsp3) is 0.500. The van der Waals surface area contributed by atoms with Gasteiger partial charge in [-0.05, 0) is 30.7 Å². The van der Waals surface area contributed by atoms with Crippen molar-refractivity contribution in [3.63, 3.8) is 0 Å². The van der Waals surface area contributed by atoms with Crippen LogP contribution in [-0.2, 0) is 31.4 Å². The highest BCUT2D eigenvalue weighted by atomic mass is 32.2. The number of rotatable bonds is 7. The summed E-state index contributed by atoms with van der Waals surface area (Å²) in [5.74, 6) is 1.71. The monoisotopic (exact) mass is 498 g/mol. The van der Waals surface area contributed by atoms with E-state index in [1.807, 2.05) is 0 Å². The largest absolute Gasteiger partial charge is 0.306 e. The smallest absolute Gasteiger partial charge is 0.256 e. The van der Waals surface area contributed by atoms with Crippen LogP contribution in [0.5, 0.6) is 0 Å². The Labute approximate surface area is 192 Å².